The van der Waals surface area contributed by atoms with Gasteiger partial charge in [0.1, 0.15) is 5.75 Å². The fourth-order valence-corrected chi connectivity index (χ4v) is 6.14. The second-order valence-corrected chi connectivity index (χ2v) is 9.31. The first kappa shape index (κ1) is 17.5. The molecule has 0 N–H and O–H groups in total. The average molecular weight is 373 g/mol. The monoisotopic (exact) mass is 372 g/mol. The zero-order valence-corrected chi connectivity index (χ0v) is 15.3. The van der Waals surface area contributed by atoms with Crippen molar-refractivity contribution in [2.45, 2.75) is 11.3 Å². The first-order valence-electron chi connectivity index (χ1n) is 7.82. The molecule has 0 radical (unpaired) electrons. The largest absolute Gasteiger partial charge is 0.484 e. The summed E-state index contributed by atoms with van der Waals surface area (Å²) >= 11 is 5.81. The Labute approximate surface area is 147 Å². The Bertz CT molecular complexity index is 720. The maximum absolute atomic E-state index is 12.4. The molecule has 132 valence electrons. The van der Waals surface area contributed by atoms with Crippen molar-refractivity contribution in [1.82, 2.24) is 9.80 Å². The van der Waals surface area contributed by atoms with Gasteiger partial charge in [0.05, 0.1) is 11.0 Å². The van der Waals surface area contributed by atoms with Crippen LogP contribution in [0.15, 0.2) is 24.3 Å². The van der Waals surface area contributed by atoms with Gasteiger partial charge in [-0.2, -0.15) is 0 Å². The van der Waals surface area contributed by atoms with Gasteiger partial charge in [-0.05, 0) is 38.4 Å². The topological polar surface area (TPSA) is 66.9 Å². The molecule has 2 heterocycles. The number of fused-ring (bicyclic) bond motifs is 1. The fourth-order valence-electron chi connectivity index (χ4n) is 3.54. The molecule has 0 aliphatic carbocycles. The molecule has 2 saturated heterocycles. The first-order chi connectivity index (χ1) is 11.3. The second kappa shape index (κ2) is 6.54. The summed E-state index contributed by atoms with van der Waals surface area (Å²) in [6.07, 6.45) is 0. The number of hydrogen-bond acceptors (Lipinski definition) is 5. The number of rotatable bonds is 4. The number of hydrogen-bond donors (Lipinski definition) is 0. The first-order valence-corrected chi connectivity index (χ1v) is 9.91. The fraction of sp³-hybridized carbons (Fsp3) is 0.562. The van der Waals surface area contributed by atoms with Crippen molar-refractivity contribution in [1.29, 1.82) is 0 Å². The number of ether oxygens (including phenoxy) is 1. The third-order valence-corrected chi connectivity index (χ3v) is 7.34. The Balaban J connectivity index is 1.62. The van der Waals surface area contributed by atoms with E-state index in [1.807, 2.05) is 19.0 Å². The van der Waals surface area contributed by atoms with Gasteiger partial charge in [-0.25, -0.2) is 8.42 Å². The number of likely N-dealkylation sites (tertiary alicyclic amines) is 1. The van der Waals surface area contributed by atoms with Crippen molar-refractivity contribution in [2.24, 2.45) is 5.92 Å². The predicted octanol–water partition coefficient (Wildman–Crippen LogP) is 0.904. The Morgan fingerprint density at radius 2 is 1.96 bits per heavy atom. The van der Waals surface area contributed by atoms with Gasteiger partial charge in [-0.3, -0.25) is 4.79 Å². The standard InChI is InChI=1S/C16H21ClN2O4S/c1-18(2)14-10-24(21,22)15-8-19(7-13(14)15)16(20)9-23-12-5-3-11(17)4-6-12/h3-6,13-15H,7-10H2,1-2H3/t13-,14-,15-/m0/s1. The molecule has 8 heteroatoms. The van der Waals surface area contributed by atoms with E-state index in [0.29, 0.717) is 17.3 Å². The number of benzene rings is 1. The predicted molar refractivity (Wildman–Crippen MR) is 92.1 cm³/mol. The smallest absolute Gasteiger partial charge is 0.260 e. The van der Waals surface area contributed by atoms with Crippen LogP contribution in [0.3, 0.4) is 0 Å². The number of carbonyl (C=O) groups excluding carboxylic acids is 1. The van der Waals surface area contributed by atoms with Gasteiger partial charge in [0.15, 0.2) is 16.4 Å². The Morgan fingerprint density at radius 3 is 2.58 bits per heavy atom. The highest BCUT2D eigenvalue weighted by Crippen LogP contribution is 2.35. The van der Waals surface area contributed by atoms with E-state index in [9.17, 15) is 13.2 Å². The molecule has 24 heavy (non-hydrogen) atoms. The highest BCUT2D eigenvalue weighted by molar-refractivity contribution is 7.92. The Morgan fingerprint density at radius 1 is 1.29 bits per heavy atom. The summed E-state index contributed by atoms with van der Waals surface area (Å²) in [5.41, 5.74) is 0. The minimum Gasteiger partial charge on any atom is -0.484 e. The highest BCUT2D eigenvalue weighted by Gasteiger charge is 2.53. The molecule has 3 atom stereocenters. The van der Waals surface area contributed by atoms with Crippen molar-refractivity contribution in [3.05, 3.63) is 29.3 Å². The van der Waals surface area contributed by atoms with E-state index in [1.54, 1.807) is 29.2 Å². The lowest BCUT2D eigenvalue weighted by Crippen LogP contribution is -2.39. The number of amides is 1. The Hall–Kier alpha value is -1.31. The lowest BCUT2D eigenvalue weighted by molar-refractivity contribution is -0.132. The maximum atomic E-state index is 12.4. The van der Waals surface area contributed by atoms with E-state index >= 15 is 0 Å². The van der Waals surface area contributed by atoms with E-state index < -0.39 is 15.1 Å². The van der Waals surface area contributed by atoms with Crippen LogP contribution < -0.4 is 4.74 Å². The summed E-state index contributed by atoms with van der Waals surface area (Å²) in [7, 11) is 0.624. The van der Waals surface area contributed by atoms with E-state index in [1.165, 1.54) is 0 Å². The SMILES string of the molecule is CN(C)[C@H]1CS(=O)(=O)[C@H]2CN(C(=O)COc3ccc(Cl)cc3)C[C@@H]12. The summed E-state index contributed by atoms with van der Waals surface area (Å²) in [5.74, 6) is 0.529. The van der Waals surface area contributed by atoms with Gasteiger partial charge < -0.3 is 14.5 Å². The molecule has 2 aliphatic heterocycles. The molecule has 0 spiro atoms. The summed E-state index contributed by atoms with van der Waals surface area (Å²) in [6.45, 7) is 0.628. The lowest BCUT2D eigenvalue weighted by atomic mass is 10.00. The van der Waals surface area contributed by atoms with Crippen LogP contribution in [0.25, 0.3) is 0 Å². The summed E-state index contributed by atoms with van der Waals surface area (Å²) in [4.78, 5) is 15.9. The summed E-state index contributed by atoms with van der Waals surface area (Å²) in [5, 5.41) is 0.144. The van der Waals surface area contributed by atoms with Crippen molar-refractivity contribution < 1.29 is 17.9 Å². The van der Waals surface area contributed by atoms with Crippen molar-refractivity contribution in [2.75, 3.05) is 39.5 Å². The zero-order valence-electron chi connectivity index (χ0n) is 13.7. The van der Waals surface area contributed by atoms with E-state index in [2.05, 4.69) is 0 Å². The van der Waals surface area contributed by atoms with Crippen LogP contribution in [0.5, 0.6) is 5.75 Å². The molecule has 0 aromatic heterocycles. The molecular weight excluding hydrogens is 352 g/mol. The van der Waals surface area contributed by atoms with Crippen LogP contribution in [0, 0.1) is 5.92 Å². The van der Waals surface area contributed by atoms with E-state index in [0.717, 1.165) is 0 Å². The Kier molecular flexibility index (Phi) is 4.77. The highest BCUT2D eigenvalue weighted by atomic mass is 35.5. The van der Waals surface area contributed by atoms with Gasteiger partial charge in [0.2, 0.25) is 0 Å². The molecule has 2 fully saturated rings. The maximum Gasteiger partial charge on any atom is 0.260 e. The second-order valence-electron chi connectivity index (χ2n) is 6.60. The van der Waals surface area contributed by atoms with Crippen LogP contribution in [0.1, 0.15) is 0 Å². The van der Waals surface area contributed by atoms with Crippen LogP contribution in [-0.4, -0.2) is 75.0 Å². The van der Waals surface area contributed by atoms with E-state index in [4.69, 9.17) is 16.3 Å². The number of halogens is 1. The average Bonchev–Trinajstić information content (AvgIpc) is 3.06. The zero-order chi connectivity index (χ0) is 17.5. The van der Waals surface area contributed by atoms with Gasteiger partial charge in [0, 0.05) is 30.1 Å². The van der Waals surface area contributed by atoms with Crippen molar-refractivity contribution >= 4 is 27.3 Å². The summed E-state index contributed by atoms with van der Waals surface area (Å²) < 4.78 is 30.1. The third kappa shape index (κ3) is 3.38. The third-order valence-electron chi connectivity index (χ3n) is 4.86. The molecule has 0 saturated carbocycles. The normalized spacial score (nSPS) is 28.2. The molecule has 1 aromatic carbocycles. The van der Waals surface area contributed by atoms with Crippen molar-refractivity contribution in [3.8, 4) is 5.75 Å². The van der Waals surface area contributed by atoms with Gasteiger partial charge >= 0.3 is 0 Å². The molecule has 1 amide bonds. The van der Waals surface area contributed by atoms with Crippen LogP contribution in [-0.2, 0) is 14.6 Å². The van der Waals surface area contributed by atoms with Crippen LogP contribution in [0.2, 0.25) is 5.02 Å². The quantitative estimate of drug-likeness (QED) is 0.785. The number of carbonyl (C=O) groups is 1. The van der Waals surface area contributed by atoms with Gasteiger partial charge in [0.25, 0.3) is 5.91 Å². The van der Waals surface area contributed by atoms with Crippen LogP contribution in [0.4, 0.5) is 0 Å². The summed E-state index contributed by atoms with van der Waals surface area (Å²) in [6, 6.07) is 6.74. The molecular formula is C16H21ClN2O4S. The minimum atomic E-state index is -3.15. The van der Waals surface area contributed by atoms with Gasteiger partial charge in [-0.15, -0.1) is 0 Å². The van der Waals surface area contributed by atoms with Crippen molar-refractivity contribution in [3.63, 3.8) is 0 Å². The molecule has 1 aromatic rings. The minimum absolute atomic E-state index is 0.0236. The molecule has 3 rings (SSSR count). The molecule has 2 aliphatic rings. The van der Waals surface area contributed by atoms with Crippen LogP contribution >= 0.6 is 11.6 Å². The molecule has 0 unspecified atom stereocenters. The number of nitrogens with zero attached hydrogens (tertiary/aromatic N) is 2. The molecule has 0 bridgehead atoms. The molecule has 6 nitrogen and oxygen atoms in total. The van der Waals surface area contributed by atoms with Gasteiger partial charge in [-0.1, -0.05) is 11.6 Å². The van der Waals surface area contributed by atoms with E-state index in [-0.39, 0.29) is 36.8 Å². The number of sulfone groups is 1. The lowest BCUT2D eigenvalue weighted by Gasteiger charge is -2.25.